The fourth-order valence-corrected chi connectivity index (χ4v) is 5.81. The zero-order valence-electron chi connectivity index (χ0n) is 21.7. The number of halogens is 6. The molecule has 1 aromatic heterocycles. The summed E-state index contributed by atoms with van der Waals surface area (Å²) in [4.78, 5) is 26.0. The number of aryl methyl sites for hydroxylation is 1. The van der Waals surface area contributed by atoms with Crippen molar-refractivity contribution < 1.29 is 35.6 Å². The summed E-state index contributed by atoms with van der Waals surface area (Å²) >= 11 is 0. The van der Waals surface area contributed by atoms with Crippen LogP contribution in [0.25, 0.3) is 11.1 Å². The second kappa shape index (κ2) is 10.3. The van der Waals surface area contributed by atoms with Crippen molar-refractivity contribution in [2.45, 2.75) is 56.9 Å². The van der Waals surface area contributed by atoms with E-state index < -0.39 is 47.1 Å². The first kappa shape index (κ1) is 28.3. The number of piperidine rings is 1. The number of oxazole rings is 1. The molecule has 2 N–H and O–H groups in total. The SMILES string of the molecule is Cn1c(=O)oc2ccc(C(CC3CC3)C3(C(=O)NCc4cc(C(F)(F)F)cc(C(F)(F)F)c4)CCNCC3)cc21. The van der Waals surface area contributed by atoms with Crippen LogP contribution in [0, 0.1) is 11.3 Å². The fraction of sp³-hybridized carbons (Fsp3) is 0.500. The molecule has 1 saturated carbocycles. The maximum absolute atomic E-state index is 14.0. The van der Waals surface area contributed by atoms with Crippen LogP contribution in [0.4, 0.5) is 26.3 Å². The lowest BCUT2D eigenvalue weighted by Gasteiger charge is -2.43. The van der Waals surface area contributed by atoms with Gasteiger partial charge < -0.3 is 15.1 Å². The first-order valence-corrected chi connectivity index (χ1v) is 13.1. The van der Waals surface area contributed by atoms with Crippen molar-refractivity contribution in [3.63, 3.8) is 0 Å². The molecule has 0 bridgehead atoms. The van der Waals surface area contributed by atoms with E-state index in [4.69, 9.17) is 4.42 Å². The van der Waals surface area contributed by atoms with E-state index in [1.54, 1.807) is 13.1 Å². The molecule has 3 aromatic rings. The van der Waals surface area contributed by atoms with E-state index in [0.717, 1.165) is 18.4 Å². The Morgan fingerprint density at radius 1 is 1.05 bits per heavy atom. The molecule has 6 nitrogen and oxygen atoms in total. The number of nitrogens with zero attached hydrogens (tertiary/aromatic N) is 1. The minimum atomic E-state index is -4.97. The molecule has 0 radical (unpaired) electrons. The van der Waals surface area contributed by atoms with Gasteiger partial charge in [-0.2, -0.15) is 26.3 Å². The number of carbonyl (C=O) groups is 1. The number of alkyl halides is 6. The van der Waals surface area contributed by atoms with Crippen LogP contribution in [0.5, 0.6) is 0 Å². The number of rotatable bonds is 7. The van der Waals surface area contributed by atoms with Crippen molar-refractivity contribution in [2.24, 2.45) is 18.4 Å². The van der Waals surface area contributed by atoms with Gasteiger partial charge in [-0.1, -0.05) is 18.9 Å². The summed E-state index contributed by atoms with van der Waals surface area (Å²) in [6.07, 6.45) is -6.34. The summed E-state index contributed by atoms with van der Waals surface area (Å²) in [5.74, 6) is -0.790. The van der Waals surface area contributed by atoms with Crippen molar-refractivity contribution in [1.29, 1.82) is 0 Å². The summed E-state index contributed by atoms with van der Waals surface area (Å²) in [6, 6.07) is 6.72. The van der Waals surface area contributed by atoms with Gasteiger partial charge in [-0.3, -0.25) is 9.36 Å². The normalized spacial score (nSPS) is 18.6. The Kier molecular flexibility index (Phi) is 7.26. The van der Waals surface area contributed by atoms with Gasteiger partial charge >= 0.3 is 18.1 Å². The summed E-state index contributed by atoms with van der Waals surface area (Å²) in [6.45, 7) is 0.581. The highest BCUT2D eigenvalue weighted by atomic mass is 19.4. The minimum Gasteiger partial charge on any atom is -0.408 e. The predicted molar refractivity (Wildman–Crippen MR) is 134 cm³/mol. The number of aromatic nitrogens is 1. The number of carbonyl (C=O) groups excluding carboxylic acids is 1. The zero-order valence-corrected chi connectivity index (χ0v) is 21.7. The van der Waals surface area contributed by atoms with Gasteiger partial charge in [-0.25, -0.2) is 4.79 Å². The van der Waals surface area contributed by atoms with Gasteiger partial charge in [0.1, 0.15) is 0 Å². The standard InChI is InChI=1S/C28H29F6N3O3/c1-37-22-13-18(4-5-23(22)40-25(37)39)21(12-16-2-3-16)26(6-8-35-9-7-26)24(38)36-15-17-10-19(27(29,30)31)14-20(11-17)28(32,33)34/h4-5,10-11,13-14,16,21,35H,2-3,6-9,12,15H2,1H3,(H,36,38). The molecular formula is C28H29F6N3O3. The molecule has 1 atom stereocenters. The van der Waals surface area contributed by atoms with Crippen molar-refractivity contribution in [3.8, 4) is 0 Å². The molecule has 1 aliphatic carbocycles. The Bertz CT molecular complexity index is 1430. The Balaban J connectivity index is 1.49. The predicted octanol–water partition coefficient (Wildman–Crippen LogP) is 5.74. The molecule has 2 aliphatic rings. The van der Waals surface area contributed by atoms with Crippen LogP contribution in [0.1, 0.15) is 60.3 Å². The van der Waals surface area contributed by atoms with Gasteiger partial charge in [0.25, 0.3) is 0 Å². The smallest absolute Gasteiger partial charge is 0.408 e. The highest BCUT2D eigenvalue weighted by molar-refractivity contribution is 5.84. The first-order chi connectivity index (χ1) is 18.8. The summed E-state index contributed by atoms with van der Waals surface area (Å²) in [5, 5.41) is 5.93. The van der Waals surface area contributed by atoms with Crippen LogP contribution in [0.3, 0.4) is 0 Å². The second-order valence-corrected chi connectivity index (χ2v) is 10.9. The second-order valence-electron chi connectivity index (χ2n) is 10.9. The summed E-state index contributed by atoms with van der Waals surface area (Å²) < 4.78 is 86.8. The lowest BCUT2D eigenvalue weighted by Crippen LogP contribution is -2.51. The maximum atomic E-state index is 14.0. The molecule has 1 saturated heterocycles. The van der Waals surface area contributed by atoms with Crippen LogP contribution in [0.2, 0.25) is 0 Å². The lowest BCUT2D eigenvalue weighted by atomic mass is 9.64. The number of hydrogen-bond acceptors (Lipinski definition) is 4. The molecule has 216 valence electrons. The lowest BCUT2D eigenvalue weighted by molar-refractivity contribution is -0.143. The van der Waals surface area contributed by atoms with E-state index in [0.29, 0.717) is 61.5 Å². The fourth-order valence-electron chi connectivity index (χ4n) is 5.81. The van der Waals surface area contributed by atoms with E-state index in [2.05, 4.69) is 10.6 Å². The third kappa shape index (κ3) is 5.63. The zero-order chi connectivity index (χ0) is 28.9. The Hall–Kier alpha value is -3.28. The molecule has 2 aromatic carbocycles. The monoisotopic (exact) mass is 569 g/mol. The quantitative estimate of drug-likeness (QED) is 0.356. The molecule has 1 amide bonds. The third-order valence-corrected chi connectivity index (χ3v) is 8.20. The van der Waals surface area contributed by atoms with E-state index in [9.17, 15) is 35.9 Å². The average Bonchev–Trinajstić information content (AvgIpc) is 3.69. The number of nitrogens with one attached hydrogen (secondary N) is 2. The van der Waals surface area contributed by atoms with Gasteiger partial charge in [-0.15, -0.1) is 0 Å². The van der Waals surface area contributed by atoms with Crippen molar-refractivity contribution in [1.82, 2.24) is 15.2 Å². The van der Waals surface area contributed by atoms with Crippen LogP contribution in [0.15, 0.2) is 45.6 Å². The average molecular weight is 570 g/mol. The molecular weight excluding hydrogens is 540 g/mol. The van der Waals surface area contributed by atoms with Crippen LogP contribution >= 0.6 is 0 Å². The Labute approximate surface area is 225 Å². The number of benzene rings is 2. The van der Waals surface area contributed by atoms with Gasteiger partial charge in [0.15, 0.2) is 5.58 Å². The summed E-state index contributed by atoms with van der Waals surface area (Å²) in [7, 11) is 1.59. The highest BCUT2D eigenvalue weighted by Crippen LogP contribution is 2.51. The van der Waals surface area contributed by atoms with Gasteiger partial charge in [0.2, 0.25) is 5.91 Å². The van der Waals surface area contributed by atoms with Crippen LogP contribution in [-0.4, -0.2) is 23.6 Å². The van der Waals surface area contributed by atoms with E-state index >= 15 is 0 Å². The molecule has 5 rings (SSSR count). The number of amides is 1. The van der Waals surface area contributed by atoms with E-state index in [-0.39, 0.29) is 17.5 Å². The molecule has 0 spiro atoms. The first-order valence-electron chi connectivity index (χ1n) is 13.1. The van der Waals surface area contributed by atoms with Crippen LogP contribution < -0.4 is 16.4 Å². The largest absolute Gasteiger partial charge is 0.419 e. The van der Waals surface area contributed by atoms with Crippen LogP contribution in [-0.2, 0) is 30.7 Å². The van der Waals surface area contributed by atoms with E-state index in [1.165, 1.54) is 4.57 Å². The highest BCUT2D eigenvalue weighted by Gasteiger charge is 2.48. The van der Waals surface area contributed by atoms with Gasteiger partial charge in [0.05, 0.1) is 22.1 Å². The van der Waals surface area contributed by atoms with Gasteiger partial charge in [-0.05, 0) is 85.6 Å². The number of hydrogen-bond donors (Lipinski definition) is 2. The molecule has 1 unspecified atom stereocenters. The molecule has 1 aliphatic heterocycles. The topological polar surface area (TPSA) is 76.3 Å². The molecule has 2 heterocycles. The Morgan fingerprint density at radius 2 is 1.68 bits per heavy atom. The van der Waals surface area contributed by atoms with Crippen molar-refractivity contribution in [2.75, 3.05) is 13.1 Å². The minimum absolute atomic E-state index is 0.0740. The maximum Gasteiger partial charge on any atom is 0.419 e. The summed E-state index contributed by atoms with van der Waals surface area (Å²) in [5.41, 5.74) is -2.24. The molecule has 40 heavy (non-hydrogen) atoms. The van der Waals surface area contributed by atoms with E-state index in [1.807, 2.05) is 12.1 Å². The van der Waals surface area contributed by atoms with Crippen molar-refractivity contribution in [3.05, 3.63) is 69.2 Å². The molecule has 12 heteroatoms. The molecule has 2 fully saturated rings. The van der Waals surface area contributed by atoms with Gasteiger partial charge in [0, 0.05) is 13.6 Å². The Morgan fingerprint density at radius 3 is 2.25 bits per heavy atom. The van der Waals surface area contributed by atoms with Crippen molar-refractivity contribution >= 4 is 17.0 Å². The third-order valence-electron chi connectivity index (χ3n) is 8.20. The number of fused-ring (bicyclic) bond motifs is 1.